The lowest BCUT2D eigenvalue weighted by atomic mass is 10.0. The van der Waals surface area contributed by atoms with Gasteiger partial charge in [-0.05, 0) is 62.2 Å². The average molecular weight is 470 g/mol. The summed E-state index contributed by atoms with van der Waals surface area (Å²) in [4.78, 5) is 26.8. The smallest absolute Gasteiger partial charge is 0.278 e. The normalized spacial score (nSPS) is 11.9. The Balaban J connectivity index is 1.61. The molecular weight excluding hydrogens is 442 g/mol. The van der Waals surface area contributed by atoms with Gasteiger partial charge >= 0.3 is 0 Å². The van der Waals surface area contributed by atoms with Crippen LogP contribution in [0.3, 0.4) is 0 Å². The second-order valence-electron chi connectivity index (χ2n) is 8.87. The van der Waals surface area contributed by atoms with Crippen LogP contribution in [0, 0.1) is 20.8 Å². The number of rotatable bonds is 5. The van der Waals surface area contributed by atoms with Gasteiger partial charge in [0, 0.05) is 17.7 Å². The summed E-state index contributed by atoms with van der Waals surface area (Å²) < 4.78 is 14.9. The Morgan fingerprint density at radius 1 is 1.03 bits per heavy atom. The predicted octanol–water partition coefficient (Wildman–Crippen LogP) is 4.91. The van der Waals surface area contributed by atoms with E-state index in [1.54, 1.807) is 11.8 Å². The van der Waals surface area contributed by atoms with E-state index in [0.717, 1.165) is 22.3 Å². The van der Waals surface area contributed by atoms with Crippen molar-refractivity contribution in [2.24, 2.45) is 0 Å². The van der Waals surface area contributed by atoms with Crippen molar-refractivity contribution in [2.45, 2.75) is 33.7 Å². The van der Waals surface area contributed by atoms with Crippen LogP contribution < -0.4 is 20.3 Å². The van der Waals surface area contributed by atoms with Gasteiger partial charge in [-0.25, -0.2) is 9.36 Å². The molecule has 7 nitrogen and oxygen atoms in total. The third-order valence-corrected chi connectivity index (χ3v) is 6.39. The van der Waals surface area contributed by atoms with Gasteiger partial charge in [-0.1, -0.05) is 35.9 Å². The molecule has 1 amide bonds. The molecule has 0 fully saturated rings. The molecule has 35 heavy (non-hydrogen) atoms. The summed E-state index contributed by atoms with van der Waals surface area (Å²) in [5.41, 5.74) is 5.80. The van der Waals surface area contributed by atoms with Gasteiger partial charge in [0.15, 0.2) is 11.5 Å². The number of para-hydroxylation sites is 1. The third kappa shape index (κ3) is 4.10. The molecule has 1 aromatic heterocycles. The molecule has 0 atom stereocenters. The average Bonchev–Trinajstić information content (AvgIpc) is 3.11. The van der Waals surface area contributed by atoms with E-state index in [1.165, 1.54) is 4.68 Å². The molecule has 7 heteroatoms. The Kier molecular flexibility index (Phi) is 5.68. The van der Waals surface area contributed by atoms with Crippen LogP contribution in [0.15, 0.2) is 65.5 Å². The fourth-order valence-electron chi connectivity index (χ4n) is 4.34. The first-order valence-corrected chi connectivity index (χ1v) is 11.5. The van der Waals surface area contributed by atoms with E-state index in [1.807, 2.05) is 81.4 Å². The summed E-state index contributed by atoms with van der Waals surface area (Å²) in [5, 5.41) is 2.92. The van der Waals surface area contributed by atoms with E-state index in [-0.39, 0.29) is 18.0 Å². The molecule has 1 aliphatic rings. The predicted molar refractivity (Wildman–Crippen MR) is 135 cm³/mol. The number of hydrogen-bond acceptors (Lipinski definition) is 4. The molecule has 1 N–H and O–H groups in total. The van der Waals surface area contributed by atoms with Crippen molar-refractivity contribution >= 4 is 11.6 Å². The highest BCUT2D eigenvalue weighted by Gasteiger charge is 2.30. The molecular formula is C28H27N3O4. The quantitative estimate of drug-likeness (QED) is 0.397. The van der Waals surface area contributed by atoms with Crippen LogP contribution >= 0.6 is 0 Å². The summed E-state index contributed by atoms with van der Waals surface area (Å²) in [5.74, 6) is 1.23. The van der Waals surface area contributed by atoms with Gasteiger partial charge < -0.3 is 14.8 Å². The van der Waals surface area contributed by atoms with Gasteiger partial charge in [0.1, 0.15) is 6.54 Å². The largest absolute Gasteiger partial charge is 0.493 e. The van der Waals surface area contributed by atoms with E-state index in [2.05, 4.69) is 5.32 Å². The molecule has 0 unspecified atom stereocenters. The van der Waals surface area contributed by atoms with Crippen LogP contribution in [0.5, 0.6) is 17.4 Å². The number of aromatic nitrogens is 2. The molecule has 5 rings (SSSR count). The number of nitrogens with one attached hydrogen (secondary N) is 1. The Labute approximate surface area is 203 Å². The second-order valence-corrected chi connectivity index (χ2v) is 8.87. The maximum Gasteiger partial charge on any atom is 0.278 e. The number of amides is 1. The summed E-state index contributed by atoms with van der Waals surface area (Å²) in [6.07, 6.45) is 0.387. The highest BCUT2D eigenvalue weighted by Crippen LogP contribution is 2.41. The molecule has 0 aliphatic carbocycles. The van der Waals surface area contributed by atoms with Crippen LogP contribution in [0.1, 0.15) is 27.8 Å². The third-order valence-electron chi connectivity index (χ3n) is 6.39. The van der Waals surface area contributed by atoms with Crippen LogP contribution in [-0.2, 0) is 17.8 Å². The Bertz CT molecular complexity index is 1500. The fraction of sp³-hybridized carbons (Fsp3) is 0.214. The van der Waals surface area contributed by atoms with Gasteiger partial charge in [-0.3, -0.25) is 9.59 Å². The van der Waals surface area contributed by atoms with Crippen molar-refractivity contribution in [1.29, 1.82) is 0 Å². The molecule has 1 aliphatic heterocycles. The zero-order valence-corrected chi connectivity index (χ0v) is 20.2. The summed E-state index contributed by atoms with van der Waals surface area (Å²) in [6.45, 7) is 5.91. The maximum atomic E-state index is 13.7. The van der Waals surface area contributed by atoms with Gasteiger partial charge in [0.05, 0.1) is 18.4 Å². The number of carbonyl (C=O) groups is 1. The zero-order chi connectivity index (χ0) is 24.7. The standard InChI is InChI=1S/C28H27N3O4/c1-17-8-11-21(12-9-17)29-25(32)16-30-28-23(15-20-6-5-7-24(34-4)26(20)35-28)27(33)31(30)22-13-10-18(2)19(3)14-22/h5-14H,15-16H2,1-4H3,(H,29,32). The molecule has 178 valence electrons. The highest BCUT2D eigenvalue weighted by atomic mass is 16.5. The van der Waals surface area contributed by atoms with E-state index < -0.39 is 0 Å². The van der Waals surface area contributed by atoms with Crippen molar-refractivity contribution in [2.75, 3.05) is 12.4 Å². The lowest BCUT2D eigenvalue weighted by molar-refractivity contribution is -0.117. The molecule has 0 radical (unpaired) electrons. The zero-order valence-electron chi connectivity index (χ0n) is 20.2. The maximum absolute atomic E-state index is 13.7. The Morgan fingerprint density at radius 2 is 1.80 bits per heavy atom. The van der Waals surface area contributed by atoms with Gasteiger partial charge in [0.25, 0.3) is 5.56 Å². The summed E-state index contributed by atoms with van der Waals surface area (Å²) in [7, 11) is 1.58. The number of carbonyl (C=O) groups excluding carboxylic acids is 1. The summed E-state index contributed by atoms with van der Waals surface area (Å²) >= 11 is 0. The number of hydrogen-bond donors (Lipinski definition) is 1. The number of benzene rings is 3. The number of fused-ring (bicyclic) bond motifs is 2. The number of anilines is 1. The minimum Gasteiger partial charge on any atom is -0.493 e. The van der Waals surface area contributed by atoms with Crippen LogP contribution in [0.4, 0.5) is 5.69 Å². The first-order valence-electron chi connectivity index (χ1n) is 11.5. The highest BCUT2D eigenvalue weighted by molar-refractivity contribution is 5.90. The van der Waals surface area contributed by atoms with Crippen LogP contribution in [-0.4, -0.2) is 22.4 Å². The first-order chi connectivity index (χ1) is 16.9. The Hall–Kier alpha value is -4.26. The van der Waals surface area contributed by atoms with Gasteiger partial charge in [0.2, 0.25) is 11.8 Å². The van der Waals surface area contributed by atoms with E-state index >= 15 is 0 Å². The number of nitrogens with zero attached hydrogens (tertiary/aromatic N) is 2. The van der Waals surface area contributed by atoms with E-state index in [4.69, 9.17) is 9.47 Å². The molecule has 0 bridgehead atoms. The molecule has 0 saturated carbocycles. The Morgan fingerprint density at radius 3 is 2.51 bits per heavy atom. The monoisotopic (exact) mass is 469 g/mol. The first kappa shape index (κ1) is 22.5. The lowest BCUT2D eigenvalue weighted by Gasteiger charge is -2.21. The van der Waals surface area contributed by atoms with Crippen molar-refractivity contribution in [3.05, 3.63) is 98.8 Å². The number of aryl methyl sites for hydroxylation is 3. The second kappa shape index (κ2) is 8.83. The molecule has 4 aromatic rings. The van der Waals surface area contributed by atoms with Crippen molar-refractivity contribution in [1.82, 2.24) is 9.36 Å². The molecule has 3 aromatic carbocycles. The number of methoxy groups -OCH3 is 1. The molecule has 0 saturated heterocycles. The van der Waals surface area contributed by atoms with Crippen molar-refractivity contribution in [3.8, 4) is 23.1 Å². The van der Waals surface area contributed by atoms with Gasteiger partial charge in [-0.2, -0.15) is 0 Å². The van der Waals surface area contributed by atoms with E-state index in [0.29, 0.717) is 40.7 Å². The minimum atomic E-state index is -0.265. The topological polar surface area (TPSA) is 74.5 Å². The van der Waals surface area contributed by atoms with Crippen molar-refractivity contribution < 1.29 is 14.3 Å². The number of ether oxygens (including phenoxy) is 2. The van der Waals surface area contributed by atoms with Gasteiger partial charge in [-0.15, -0.1) is 0 Å². The molecule has 0 spiro atoms. The minimum absolute atomic E-state index is 0.101. The van der Waals surface area contributed by atoms with Crippen molar-refractivity contribution in [3.63, 3.8) is 0 Å². The fourth-order valence-corrected chi connectivity index (χ4v) is 4.34. The van der Waals surface area contributed by atoms with E-state index in [9.17, 15) is 9.59 Å². The van der Waals surface area contributed by atoms with Crippen LogP contribution in [0.2, 0.25) is 0 Å². The van der Waals surface area contributed by atoms with Crippen LogP contribution in [0.25, 0.3) is 5.69 Å². The molecule has 2 heterocycles. The SMILES string of the molecule is COc1cccc2c1Oc1c(c(=O)n(-c3ccc(C)c(C)c3)n1CC(=O)Nc1ccc(C)cc1)C2. The lowest BCUT2D eigenvalue weighted by Crippen LogP contribution is -2.27. The summed E-state index contributed by atoms with van der Waals surface area (Å²) in [6, 6.07) is 19.0.